The van der Waals surface area contributed by atoms with Crippen molar-refractivity contribution in [3.63, 3.8) is 0 Å². The Morgan fingerprint density at radius 1 is 1.12 bits per heavy atom. The Labute approximate surface area is 153 Å². The van der Waals surface area contributed by atoms with E-state index in [0.29, 0.717) is 16.6 Å². The largest absolute Gasteiger partial charge is 0.323 e. The lowest BCUT2D eigenvalue weighted by molar-refractivity contribution is -0.120. The van der Waals surface area contributed by atoms with Crippen LogP contribution in [0.15, 0.2) is 57.8 Å². The molecule has 0 aliphatic rings. The van der Waals surface area contributed by atoms with Crippen molar-refractivity contribution in [3.8, 4) is 0 Å². The number of amides is 1. The molecule has 2 aromatic carbocycles. The molecular formula is C18H17BrN4O2. The molecule has 0 unspecified atom stereocenters. The summed E-state index contributed by atoms with van der Waals surface area (Å²) in [5.74, 6) is -0.454. The van der Waals surface area contributed by atoms with Crippen LogP contribution in [0.4, 0.5) is 5.69 Å². The third-order valence-electron chi connectivity index (χ3n) is 3.89. The monoisotopic (exact) mass is 400 g/mol. The van der Waals surface area contributed by atoms with Gasteiger partial charge in [-0.1, -0.05) is 43.3 Å². The maximum atomic E-state index is 12.8. The lowest BCUT2D eigenvalue weighted by atomic mass is 10.0. The Balaban J connectivity index is 2.02. The van der Waals surface area contributed by atoms with Gasteiger partial charge in [-0.15, -0.1) is 5.10 Å². The summed E-state index contributed by atoms with van der Waals surface area (Å²) in [7, 11) is 0. The fraction of sp³-hybridized carbons (Fsp3) is 0.222. The fourth-order valence-corrected chi connectivity index (χ4v) is 3.03. The van der Waals surface area contributed by atoms with Crippen molar-refractivity contribution in [1.82, 2.24) is 15.0 Å². The molecule has 1 heterocycles. The first kappa shape index (κ1) is 17.3. The first-order chi connectivity index (χ1) is 12.0. The predicted octanol–water partition coefficient (Wildman–Crippen LogP) is 3.39. The SMILES string of the molecule is CC(C)[C@@H](C(=O)Nc1ccccc1Br)n1nnc2ccccc2c1=O. The predicted molar refractivity (Wildman–Crippen MR) is 100 cm³/mol. The van der Waals surface area contributed by atoms with Gasteiger partial charge in [0.15, 0.2) is 0 Å². The van der Waals surface area contributed by atoms with Crippen molar-refractivity contribution in [3.05, 3.63) is 63.4 Å². The van der Waals surface area contributed by atoms with Crippen LogP contribution in [0.1, 0.15) is 19.9 Å². The first-order valence-electron chi connectivity index (χ1n) is 7.88. The minimum atomic E-state index is -0.767. The quantitative estimate of drug-likeness (QED) is 0.727. The van der Waals surface area contributed by atoms with Crippen LogP contribution >= 0.6 is 15.9 Å². The zero-order valence-electron chi connectivity index (χ0n) is 13.8. The molecule has 6 nitrogen and oxygen atoms in total. The van der Waals surface area contributed by atoms with Gasteiger partial charge in [-0.3, -0.25) is 9.59 Å². The number of benzene rings is 2. The van der Waals surface area contributed by atoms with Crippen molar-refractivity contribution in [2.75, 3.05) is 5.32 Å². The zero-order valence-corrected chi connectivity index (χ0v) is 15.4. The molecule has 3 rings (SSSR count). The molecule has 128 valence electrons. The van der Waals surface area contributed by atoms with E-state index < -0.39 is 6.04 Å². The van der Waals surface area contributed by atoms with Crippen molar-refractivity contribution in [2.45, 2.75) is 19.9 Å². The second-order valence-electron chi connectivity index (χ2n) is 6.01. The van der Waals surface area contributed by atoms with Gasteiger partial charge in [-0.05, 0) is 46.1 Å². The van der Waals surface area contributed by atoms with E-state index in [1.165, 1.54) is 4.68 Å². The Kier molecular flexibility index (Phi) is 4.94. The molecule has 1 atom stereocenters. The molecule has 1 aromatic heterocycles. The number of hydrogen-bond donors (Lipinski definition) is 1. The van der Waals surface area contributed by atoms with E-state index in [0.717, 1.165) is 4.47 Å². The van der Waals surface area contributed by atoms with Crippen LogP contribution in [0.3, 0.4) is 0 Å². The van der Waals surface area contributed by atoms with Gasteiger partial charge < -0.3 is 5.32 Å². The molecule has 1 amide bonds. The van der Waals surface area contributed by atoms with Crippen molar-refractivity contribution < 1.29 is 4.79 Å². The maximum absolute atomic E-state index is 12.8. The van der Waals surface area contributed by atoms with E-state index in [4.69, 9.17) is 0 Å². The average Bonchev–Trinajstić information content (AvgIpc) is 2.59. The molecule has 1 N–H and O–H groups in total. The number of hydrogen-bond acceptors (Lipinski definition) is 4. The van der Waals surface area contributed by atoms with Gasteiger partial charge in [-0.2, -0.15) is 4.68 Å². The highest BCUT2D eigenvalue weighted by atomic mass is 79.9. The van der Waals surface area contributed by atoms with Crippen LogP contribution in [0.2, 0.25) is 0 Å². The number of rotatable bonds is 4. The molecular weight excluding hydrogens is 384 g/mol. The van der Waals surface area contributed by atoms with Crippen LogP contribution in [0, 0.1) is 5.92 Å². The maximum Gasteiger partial charge on any atom is 0.278 e. The van der Waals surface area contributed by atoms with Crippen molar-refractivity contribution in [2.24, 2.45) is 5.92 Å². The number of aromatic nitrogens is 3. The summed E-state index contributed by atoms with van der Waals surface area (Å²) < 4.78 is 1.93. The summed E-state index contributed by atoms with van der Waals surface area (Å²) in [6.45, 7) is 3.74. The molecule has 0 bridgehead atoms. The Morgan fingerprint density at radius 2 is 1.80 bits per heavy atom. The highest BCUT2D eigenvalue weighted by molar-refractivity contribution is 9.10. The van der Waals surface area contributed by atoms with Crippen LogP contribution in [-0.2, 0) is 4.79 Å². The van der Waals surface area contributed by atoms with E-state index in [1.807, 2.05) is 32.0 Å². The van der Waals surface area contributed by atoms with Gasteiger partial charge in [-0.25, -0.2) is 0 Å². The van der Waals surface area contributed by atoms with Gasteiger partial charge in [0.05, 0.1) is 11.1 Å². The second-order valence-corrected chi connectivity index (χ2v) is 6.87. The molecule has 3 aromatic rings. The van der Waals surface area contributed by atoms with E-state index in [2.05, 4.69) is 31.6 Å². The van der Waals surface area contributed by atoms with Crippen LogP contribution in [-0.4, -0.2) is 20.9 Å². The topological polar surface area (TPSA) is 76.9 Å². The summed E-state index contributed by atoms with van der Waals surface area (Å²) in [5, 5.41) is 11.4. The number of carbonyl (C=O) groups excluding carboxylic acids is 1. The first-order valence-corrected chi connectivity index (χ1v) is 8.68. The number of para-hydroxylation sites is 1. The third kappa shape index (κ3) is 3.46. The molecule has 0 aliphatic heterocycles. The number of nitrogens with one attached hydrogen (secondary N) is 1. The summed E-state index contributed by atoms with van der Waals surface area (Å²) in [6, 6.07) is 13.5. The highest BCUT2D eigenvalue weighted by Crippen LogP contribution is 2.24. The Morgan fingerprint density at radius 3 is 2.52 bits per heavy atom. The van der Waals surface area contributed by atoms with E-state index in [9.17, 15) is 9.59 Å². The summed E-state index contributed by atoms with van der Waals surface area (Å²) in [6.07, 6.45) is 0. The molecule has 0 radical (unpaired) electrons. The van der Waals surface area contributed by atoms with Gasteiger partial charge in [0.25, 0.3) is 5.56 Å². The average molecular weight is 401 g/mol. The Hall–Kier alpha value is -2.54. The van der Waals surface area contributed by atoms with Crippen LogP contribution in [0.25, 0.3) is 10.9 Å². The molecule has 7 heteroatoms. The van der Waals surface area contributed by atoms with Gasteiger partial charge in [0, 0.05) is 4.47 Å². The minimum absolute atomic E-state index is 0.143. The Bertz CT molecular complexity index is 984. The summed E-state index contributed by atoms with van der Waals surface area (Å²) in [4.78, 5) is 25.6. The smallest absolute Gasteiger partial charge is 0.278 e. The number of anilines is 1. The summed E-state index contributed by atoms with van der Waals surface area (Å²) in [5.41, 5.74) is 0.823. The second kappa shape index (κ2) is 7.14. The number of halogens is 1. The molecule has 0 saturated carbocycles. The van der Waals surface area contributed by atoms with Gasteiger partial charge in [0.1, 0.15) is 11.6 Å². The highest BCUT2D eigenvalue weighted by Gasteiger charge is 2.27. The standard InChI is InChI=1S/C18H17BrN4O2/c1-11(2)16(17(24)20-15-10-6-4-8-13(15)19)23-18(25)12-7-3-5-9-14(12)21-22-23/h3-11,16H,1-2H3,(H,20,24)/t16-/m0/s1. The third-order valence-corrected chi connectivity index (χ3v) is 4.58. The number of nitrogens with zero attached hydrogens (tertiary/aromatic N) is 3. The van der Waals surface area contributed by atoms with Crippen molar-refractivity contribution >= 4 is 38.4 Å². The van der Waals surface area contributed by atoms with Crippen LogP contribution in [0.5, 0.6) is 0 Å². The number of carbonyl (C=O) groups is 1. The summed E-state index contributed by atoms with van der Waals surface area (Å²) >= 11 is 3.40. The number of fused-ring (bicyclic) bond motifs is 1. The zero-order chi connectivity index (χ0) is 18.0. The van der Waals surface area contributed by atoms with Crippen LogP contribution < -0.4 is 10.9 Å². The minimum Gasteiger partial charge on any atom is -0.323 e. The van der Waals surface area contributed by atoms with E-state index in [1.54, 1.807) is 30.3 Å². The molecule has 25 heavy (non-hydrogen) atoms. The molecule has 0 aliphatic carbocycles. The lowest BCUT2D eigenvalue weighted by Crippen LogP contribution is -2.38. The normalized spacial score (nSPS) is 12.3. The van der Waals surface area contributed by atoms with Gasteiger partial charge in [0.2, 0.25) is 5.91 Å². The van der Waals surface area contributed by atoms with E-state index in [-0.39, 0.29) is 17.4 Å². The van der Waals surface area contributed by atoms with Gasteiger partial charge >= 0.3 is 0 Å². The molecule has 0 fully saturated rings. The lowest BCUT2D eigenvalue weighted by Gasteiger charge is -2.21. The fourth-order valence-electron chi connectivity index (χ4n) is 2.65. The molecule has 0 saturated heterocycles. The molecule has 0 spiro atoms. The van der Waals surface area contributed by atoms with Crippen molar-refractivity contribution in [1.29, 1.82) is 0 Å². The van der Waals surface area contributed by atoms with E-state index >= 15 is 0 Å².